The Morgan fingerprint density at radius 2 is 1.69 bits per heavy atom. The van der Waals surface area contributed by atoms with Crippen LogP contribution in [0.5, 0.6) is 0 Å². The van der Waals surface area contributed by atoms with Gasteiger partial charge in [-0.05, 0) is 5.92 Å². The first kappa shape index (κ1) is 12.9. The molecule has 0 amide bonds. The molecule has 0 spiro atoms. The number of hydrogen-bond acceptors (Lipinski definition) is 2. The molecular formula is C10H19ClO2. The van der Waals surface area contributed by atoms with Gasteiger partial charge in [0.15, 0.2) is 5.78 Å². The van der Waals surface area contributed by atoms with Crippen molar-refractivity contribution in [3.8, 4) is 0 Å². The van der Waals surface area contributed by atoms with Gasteiger partial charge in [0.2, 0.25) is 0 Å². The summed E-state index contributed by atoms with van der Waals surface area (Å²) in [6.45, 7) is 9.10. The summed E-state index contributed by atoms with van der Waals surface area (Å²) in [6.07, 6.45) is -0.756. The topological polar surface area (TPSA) is 37.3 Å². The maximum absolute atomic E-state index is 11.6. The molecule has 0 unspecified atom stereocenters. The molecule has 1 N–H and O–H groups in total. The van der Waals surface area contributed by atoms with Crippen molar-refractivity contribution in [1.29, 1.82) is 0 Å². The van der Waals surface area contributed by atoms with Crippen LogP contribution in [-0.2, 0) is 4.79 Å². The third-order valence-corrected chi connectivity index (χ3v) is 2.43. The Hall–Kier alpha value is -0.0800. The van der Waals surface area contributed by atoms with E-state index in [-0.39, 0.29) is 11.7 Å². The molecule has 0 aromatic rings. The fraction of sp³-hybridized carbons (Fsp3) is 0.900. The Bertz CT molecular complexity index is 182. The van der Waals surface area contributed by atoms with E-state index in [0.717, 1.165) is 0 Å². The van der Waals surface area contributed by atoms with Crippen LogP contribution in [0, 0.1) is 11.3 Å². The van der Waals surface area contributed by atoms with Crippen LogP contribution in [0.3, 0.4) is 0 Å². The van der Waals surface area contributed by atoms with E-state index in [2.05, 4.69) is 0 Å². The summed E-state index contributed by atoms with van der Waals surface area (Å²) in [5.41, 5.74) is -0.484. The third kappa shape index (κ3) is 3.65. The molecule has 0 saturated carbocycles. The molecule has 0 aliphatic carbocycles. The summed E-state index contributed by atoms with van der Waals surface area (Å²) in [5.74, 6) is -0.0934. The zero-order valence-corrected chi connectivity index (χ0v) is 9.72. The maximum Gasteiger partial charge on any atom is 0.158 e. The average Bonchev–Trinajstić information content (AvgIpc) is 1.98. The molecule has 0 fully saturated rings. The Labute approximate surface area is 85.3 Å². The second kappa shape index (κ2) is 4.43. The first-order valence-corrected chi connectivity index (χ1v) is 4.98. The normalized spacial score (nSPS) is 17.2. The van der Waals surface area contributed by atoms with Crippen LogP contribution in [0.1, 0.15) is 34.6 Å². The molecule has 0 bridgehead atoms. The van der Waals surface area contributed by atoms with Gasteiger partial charge in [-0.15, -0.1) is 11.6 Å². The molecule has 2 nitrogen and oxygen atoms in total. The van der Waals surface area contributed by atoms with E-state index in [0.29, 0.717) is 0 Å². The van der Waals surface area contributed by atoms with Gasteiger partial charge in [-0.25, -0.2) is 0 Å². The minimum atomic E-state index is -0.792. The second-order valence-electron chi connectivity index (χ2n) is 4.75. The van der Waals surface area contributed by atoms with Crippen molar-refractivity contribution in [3.05, 3.63) is 0 Å². The van der Waals surface area contributed by atoms with Gasteiger partial charge >= 0.3 is 0 Å². The Kier molecular flexibility index (Phi) is 4.40. The molecule has 78 valence electrons. The molecule has 0 heterocycles. The van der Waals surface area contributed by atoms with Crippen molar-refractivity contribution in [2.45, 2.75) is 46.1 Å². The van der Waals surface area contributed by atoms with Gasteiger partial charge in [0.1, 0.15) is 5.38 Å². The minimum absolute atomic E-state index is 0.00815. The van der Waals surface area contributed by atoms with Crippen LogP contribution in [0.4, 0.5) is 0 Å². The van der Waals surface area contributed by atoms with Crippen molar-refractivity contribution in [3.63, 3.8) is 0 Å². The smallest absolute Gasteiger partial charge is 0.158 e. The van der Waals surface area contributed by atoms with Crippen LogP contribution in [0.15, 0.2) is 0 Å². The van der Waals surface area contributed by atoms with Crippen LogP contribution >= 0.6 is 11.6 Å². The molecular weight excluding hydrogens is 188 g/mol. The van der Waals surface area contributed by atoms with Crippen molar-refractivity contribution in [2.24, 2.45) is 11.3 Å². The van der Waals surface area contributed by atoms with Crippen molar-refractivity contribution < 1.29 is 9.90 Å². The lowest BCUT2D eigenvalue weighted by atomic mass is 9.85. The predicted molar refractivity (Wildman–Crippen MR) is 54.9 cm³/mol. The van der Waals surface area contributed by atoms with E-state index in [1.165, 1.54) is 0 Å². The van der Waals surface area contributed by atoms with E-state index < -0.39 is 16.9 Å². The van der Waals surface area contributed by atoms with Gasteiger partial charge in [-0.1, -0.05) is 34.6 Å². The fourth-order valence-corrected chi connectivity index (χ4v) is 1.52. The summed E-state index contributed by atoms with van der Waals surface area (Å²) in [4.78, 5) is 11.6. The highest BCUT2D eigenvalue weighted by molar-refractivity contribution is 6.32. The summed E-state index contributed by atoms with van der Waals surface area (Å²) in [7, 11) is 0. The first-order chi connectivity index (χ1) is 5.68. The second-order valence-corrected chi connectivity index (χ2v) is 5.22. The lowest BCUT2D eigenvalue weighted by molar-refractivity contribution is -0.128. The van der Waals surface area contributed by atoms with Crippen molar-refractivity contribution >= 4 is 17.4 Å². The molecule has 0 rings (SSSR count). The highest BCUT2D eigenvalue weighted by atomic mass is 35.5. The summed E-state index contributed by atoms with van der Waals surface area (Å²) < 4.78 is 0. The first-order valence-electron chi connectivity index (χ1n) is 4.54. The number of ketones is 1. The number of hydrogen-bond donors (Lipinski definition) is 1. The van der Waals surface area contributed by atoms with Gasteiger partial charge in [0, 0.05) is 5.41 Å². The average molecular weight is 207 g/mol. The molecule has 0 aliphatic rings. The van der Waals surface area contributed by atoms with E-state index in [1.54, 1.807) is 20.8 Å². The van der Waals surface area contributed by atoms with Crippen LogP contribution < -0.4 is 0 Å². The lowest BCUT2D eigenvalue weighted by Gasteiger charge is -2.25. The molecule has 13 heavy (non-hydrogen) atoms. The van der Waals surface area contributed by atoms with E-state index in [9.17, 15) is 9.90 Å². The van der Waals surface area contributed by atoms with Gasteiger partial charge in [-0.2, -0.15) is 0 Å². The van der Waals surface area contributed by atoms with Crippen molar-refractivity contribution in [1.82, 2.24) is 0 Å². The molecule has 0 aliphatic heterocycles. The molecule has 2 atom stereocenters. The molecule has 0 aromatic carbocycles. The van der Waals surface area contributed by atoms with Crippen LogP contribution in [0.2, 0.25) is 0 Å². The molecule has 0 saturated heterocycles. The van der Waals surface area contributed by atoms with Gasteiger partial charge in [-0.3, -0.25) is 4.79 Å². The van der Waals surface area contributed by atoms with Crippen molar-refractivity contribution in [2.75, 3.05) is 0 Å². The highest BCUT2D eigenvalue weighted by Gasteiger charge is 2.33. The van der Waals surface area contributed by atoms with Gasteiger partial charge in [0.25, 0.3) is 0 Å². The summed E-state index contributed by atoms with van der Waals surface area (Å²) in [5, 5.41) is 8.78. The molecule has 0 aromatic heterocycles. The number of alkyl halides is 1. The van der Waals surface area contributed by atoms with Gasteiger partial charge in [0.05, 0.1) is 6.10 Å². The largest absolute Gasteiger partial charge is 0.391 e. The Morgan fingerprint density at radius 3 is 1.92 bits per heavy atom. The highest BCUT2D eigenvalue weighted by Crippen LogP contribution is 2.23. The molecule has 0 radical (unpaired) electrons. The molecule has 3 heteroatoms. The zero-order chi connectivity index (χ0) is 10.8. The Morgan fingerprint density at radius 1 is 1.31 bits per heavy atom. The minimum Gasteiger partial charge on any atom is -0.391 e. The zero-order valence-electron chi connectivity index (χ0n) is 8.97. The summed E-state index contributed by atoms with van der Waals surface area (Å²) in [6, 6.07) is 0. The quantitative estimate of drug-likeness (QED) is 0.720. The standard InChI is InChI=1S/C10H19ClO2/c1-6(2)8(12)7(11)9(13)10(3,4)5/h6-8,12H,1-5H3/t7-,8-/m0/s1. The lowest BCUT2D eigenvalue weighted by Crippen LogP contribution is -2.39. The van der Waals surface area contributed by atoms with Crippen LogP contribution in [-0.4, -0.2) is 22.4 Å². The van der Waals surface area contributed by atoms with Crippen LogP contribution in [0.25, 0.3) is 0 Å². The number of rotatable bonds is 3. The maximum atomic E-state index is 11.6. The SMILES string of the molecule is CC(C)[C@H](O)[C@H](Cl)C(=O)C(C)(C)C. The number of carbonyl (C=O) groups excluding carboxylic acids is 1. The number of carbonyl (C=O) groups is 1. The van der Waals surface area contributed by atoms with E-state index in [4.69, 9.17) is 11.6 Å². The monoisotopic (exact) mass is 206 g/mol. The van der Waals surface area contributed by atoms with E-state index in [1.807, 2.05) is 13.8 Å². The number of Topliss-reactive ketones (excluding diaryl/α,β-unsaturated/α-hetero) is 1. The number of aliphatic hydroxyl groups is 1. The third-order valence-electron chi connectivity index (χ3n) is 1.97. The van der Waals surface area contributed by atoms with E-state index >= 15 is 0 Å². The van der Waals surface area contributed by atoms with Gasteiger partial charge < -0.3 is 5.11 Å². The fourth-order valence-electron chi connectivity index (χ4n) is 0.907. The Balaban J connectivity index is 4.44. The predicted octanol–water partition coefficient (Wildman–Crippen LogP) is 2.23. The number of halogens is 1. The summed E-state index contributed by atoms with van der Waals surface area (Å²) >= 11 is 5.86. The number of aliphatic hydroxyl groups excluding tert-OH is 1.